The number of carbonyl (C=O) groups is 8. The third-order valence-electron chi connectivity index (χ3n) is 20.4. The van der Waals surface area contributed by atoms with Crippen LogP contribution in [0.2, 0.25) is 0 Å². The number of hydrogen-bond donors (Lipinski definition) is 11. The second-order valence-electron chi connectivity index (χ2n) is 30.0. The summed E-state index contributed by atoms with van der Waals surface area (Å²) in [6, 6.07) is 0. The van der Waals surface area contributed by atoms with Gasteiger partial charge in [0.2, 0.25) is 0 Å². The monoisotopic (exact) mass is 1540 g/mol. The fourth-order valence-electron chi connectivity index (χ4n) is 13.8. The first-order valence-electron chi connectivity index (χ1n) is 40.7. The van der Waals surface area contributed by atoms with Crippen LogP contribution in [0.4, 0.5) is 0 Å². The van der Waals surface area contributed by atoms with Gasteiger partial charge < -0.3 is 75.1 Å². The number of ether oxygens (including phenoxy) is 4. The van der Waals surface area contributed by atoms with Gasteiger partial charge in [0.25, 0.3) is 0 Å². The first kappa shape index (κ1) is 101. The van der Waals surface area contributed by atoms with Gasteiger partial charge in [-0.25, -0.2) is 0 Å². The highest BCUT2D eigenvalue weighted by Crippen LogP contribution is 2.38. The van der Waals surface area contributed by atoms with E-state index in [0.29, 0.717) is 109 Å². The van der Waals surface area contributed by atoms with E-state index in [0.717, 1.165) is 96.3 Å². The van der Waals surface area contributed by atoms with Crippen molar-refractivity contribution in [3.05, 3.63) is 85.1 Å². The minimum atomic E-state index is -0.722. The summed E-state index contributed by atoms with van der Waals surface area (Å²) < 4.78 is 18.9. The Morgan fingerprint density at radius 2 is 0.734 bits per heavy atom. The molecule has 18 atom stereocenters. The maximum Gasteiger partial charge on any atom is 0.306 e. The Hall–Kier alpha value is -5.70. The van der Waals surface area contributed by atoms with Crippen LogP contribution in [0.25, 0.3) is 0 Å². The highest BCUT2D eigenvalue weighted by Gasteiger charge is 2.42. The van der Waals surface area contributed by atoms with Crippen molar-refractivity contribution in [3.8, 4) is 0 Å². The molecule has 624 valence electrons. The Bertz CT molecular complexity index is 2730. The van der Waals surface area contributed by atoms with Crippen LogP contribution in [0.5, 0.6) is 0 Å². The fraction of sp³-hybridized carbons (Fsp3) is 0.744. The third kappa shape index (κ3) is 46.8. The van der Waals surface area contributed by atoms with Gasteiger partial charge in [-0.1, -0.05) is 150 Å². The smallest absolute Gasteiger partial charge is 0.306 e. The van der Waals surface area contributed by atoms with E-state index >= 15 is 0 Å². The molecule has 0 amide bonds. The van der Waals surface area contributed by atoms with Gasteiger partial charge in [0.05, 0.1) is 88.5 Å². The van der Waals surface area contributed by atoms with Crippen molar-refractivity contribution in [3.63, 3.8) is 0 Å². The fourth-order valence-corrected chi connectivity index (χ4v) is 13.8. The maximum absolute atomic E-state index is 12.2. The predicted molar refractivity (Wildman–Crippen MR) is 420 cm³/mol. The number of aliphatic hydroxyl groups excluding tert-OH is 11. The normalized spacial score (nSPS) is 24.6. The number of ketones is 4. The Morgan fingerprint density at radius 1 is 0.394 bits per heavy atom. The summed E-state index contributed by atoms with van der Waals surface area (Å²) in [6.45, 7) is 9.60. The van der Waals surface area contributed by atoms with Gasteiger partial charge in [-0.05, 0) is 149 Å². The topological polar surface area (TPSA) is 396 Å². The van der Waals surface area contributed by atoms with Crippen molar-refractivity contribution in [2.75, 3.05) is 27.9 Å². The van der Waals surface area contributed by atoms with E-state index in [9.17, 15) is 89.4 Å². The molecule has 0 aliphatic heterocycles. The lowest BCUT2D eigenvalue weighted by Crippen LogP contribution is -2.19. The van der Waals surface area contributed by atoms with Crippen molar-refractivity contribution in [1.82, 2.24) is 0 Å². The van der Waals surface area contributed by atoms with Gasteiger partial charge >= 0.3 is 23.9 Å². The summed E-state index contributed by atoms with van der Waals surface area (Å²) in [5.74, 6) is -2.62. The molecule has 0 bridgehead atoms. The lowest BCUT2D eigenvalue weighted by molar-refractivity contribution is -0.147. The average Bonchev–Trinajstić information content (AvgIpc) is 1.72. The molecule has 0 aromatic heterocycles. The Kier molecular flexibility index (Phi) is 57.5. The maximum atomic E-state index is 12.2. The number of methoxy groups -OCH3 is 3. The molecule has 1 unspecified atom stereocenters. The van der Waals surface area contributed by atoms with E-state index < -0.39 is 54.9 Å². The van der Waals surface area contributed by atoms with Crippen LogP contribution >= 0.6 is 0 Å². The summed E-state index contributed by atoms with van der Waals surface area (Å²) in [4.78, 5) is 93.3. The van der Waals surface area contributed by atoms with Crippen LogP contribution in [0.15, 0.2) is 85.1 Å². The van der Waals surface area contributed by atoms with E-state index in [-0.39, 0.29) is 139 Å². The van der Waals surface area contributed by atoms with Crippen LogP contribution in [0.3, 0.4) is 0 Å². The standard InChI is InChI=1S/C23H40O5.3C21H34O6/c1-4-5-8-11-18(24)14-15-20-19(21(25)16-22(20)26)12-9-6-7-10-13-23(27)28-17(2)3;1-15(22)8-7-9-16(23)12-13-18-17(19(24)14-20(18)25)10-5-3-4-6-11-21(26)27-2;1-27-21(26)11-7-3-2-6-10-17-18(20(25)15-19(17)24)13-12-16(23)9-5-4-8-14-22;1-3-15(22)10-11-16(23)12-13-18-17(19(24)14-20(18)25)8-6-4-5-7-9-21(26)27-2/h14-15,17-20,22,24,26H,4-13,16H2,1-3H3;3,5,12-13,15-18,20,22-23,25H,4,6-11,14H2,1-2H3;2,6,12-13,16-18,20,22-23,25H,3-5,7-11,14-15H2,1H3;4,6,12-13,15-18,20,22-23,25H,3,5,7-11,14H2,1-2H3/b15-14+;5-3-,13-12+;6-2-,13-12+;6-4-,13-12+/t18-,19+,20+,22+;15-,16+,17-,18-,20-;16-,17+,18+,20+;15?,16-,17+,18+,20+/m0100/s1. The number of carbonyl (C=O) groups excluding carboxylic acids is 8. The first-order valence-corrected chi connectivity index (χ1v) is 40.7. The number of unbranched alkanes of at least 4 members (excludes halogenated alkanes) is 10. The van der Waals surface area contributed by atoms with Gasteiger partial charge in [-0.2, -0.15) is 0 Å². The largest absolute Gasteiger partial charge is 0.469 e. The Balaban J connectivity index is 0.000000727. The second kappa shape index (κ2) is 61.8. The van der Waals surface area contributed by atoms with Crippen LogP contribution in [-0.2, 0) is 57.3 Å². The molecule has 0 saturated heterocycles. The second-order valence-corrected chi connectivity index (χ2v) is 30.0. The summed E-state index contributed by atoms with van der Waals surface area (Å²) >= 11 is 0. The molecule has 23 nitrogen and oxygen atoms in total. The zero-order valence-electron chi connectivity index (χ0n) is 67.0. The van der Waals surface area contributed by atoms with Gasteiger partial charge in [-0.15, -0.1) is 0 Å². The quantitative estimate of drug-likeness (QED) is 0.0117. The van der Waals surface area contributed by atoms with Crippen LogP contribution in [0.1, 0.15) is 266 Å². The van der Waals surface area contributed by atoms with E-state index in [4.69, 9.17) is 9.84 Å². The van der Waals surface area contributed by atoms with Crippen molar-refractivity contribution >= 4 is 47.0 Å². The van der Waals surface area contributed by atoms with E-state index in [2.05, 4.69) is 21.1 Å². The van der Waals surface area contributed by atoms with Gasteiger partial charge in [0.15, 0.2) is 0 Å². The molecule has 4 aliphatic carbocycles. The van der Waals surface area contributed by atoms with Crippen molar-refractivity contribution in [2.24, 2.45) is 47.3 Å². The van der Waals surface area contributed by atoms with Gasteiger partial charge in [-0.3, -0.25) is 38.4 Å². The highest BCUT2D eigenvalue weighted by atomic mass is 16.5. The third-order valence-corrected chi connectivity index (χ3v) is 20.4. The van der Waals surface area contributed by atoms with Crippen molar-refractivity contribution < 1.29 is 113 Å². The van der Waals surface area contributed by atoms with Crippen LogP contribution in [-0.4, -0.2) is 198 Å². The molecule has 4 fully saturated rings. The summed E-state index contributed by atoms with van der Waals surface area (Å²) in [5, 5.41) is 108. The van der Waals surface area contributed by atoms with Crippen LogP contribution < -0.4 is 0 Å². The van der Waals surface area contributed by atoms with Gasteiger partial charge in [0.1, 0.15) is 23.1 Å². The van der Waals surface area contributed by atoms with Crippen molar-refractivity contribution in [2.45, 2.75) is 333 Å². The number of hydrogen-bond acceptors (Lipinski definition) is 23. The summed E-state index contributed by atoms with van der Waals surface area (Å²) in [5.41, 5.74) is 0. The molecular formula is C86H142O23. The first-order chi connectivity index (χ1) is 52.1. The molecule has 0 spiro atoms. The number of esters is 4. The van der Waals surface area contributed by atoms with Gasteiger partial charge in [0, 0.05) is 105 Å². The molecule has 109 heavy (non-hydrogen) atoms. The summed E-state index contributed by atoms with van der Waals surface area (Å²) in [7, 11) is 4.10. The molecule has 0 aromatic carbocycles. The Labute approximate surface area is 650 Å². The number of aliphatic hydroxyl groups is 11. The molecule has 23 heteroatoms. The predicted octanol–water partition coefficient (Wildman–Crippen LogP) is 11.3. The lowest BCUT2D eigenvalue weighted by Gasteiger charge is -2.18. The van der Waals surface area contributed by atoms with Crippen molar-refractivity contribution in [1.29, 1.82) is 0 Å². The Morgan fingerprint density at radius 3 is 1.09 bits per heavy atom. The van der Waals surface area contributed by atoms with E-state index in [1.54, 1.807) is 49.5 Å². The minimum Gasteiger partial charge on any atom is -0.469 e. The number of Topliss-reactive ketones (excluding diaryl/α,β-unsaturated/α-hetero) is 4. The molecular weight excluding hydrogens is 1400 g/mol. The number of allylic oxidation sites excluding steroid dienone is 6. The molecule has 0 radical (unpaired) electrons. The molecule has 11 N–H and O–H groups in total. The van der Waals surface area contributed by atoms with E-state index in [1.165, 1.54) is 21.3 Å². The zero-order valence-corrected chi connectivity index (χ0v) is 67.0. The SMILES string of the molecule is CCC(O)CC[C@H](O)/C=C/[C@H]1[C@H](O)CC(=O)[C@@H]1C/C=C\CCCC(=O)OC.CCCCC[C@H](O)/C=C/[C@H]1[C@H](O)CC(=O)[C@@H]1CCCCCCC(=O)OC(C)C.COC(=O)CCC/C=C\C[C@H]1C(=O)C[C@@H](O)[C@@H]1/C=C/[C@@H](O)CCCCCO.COC(=O)CCC/C=C\C[C@H]1C(=O)C[C@@H](O)[C@@H]1/C=C/[C@@H](O)CCC[C@@H](C)O. The minimum absolute atomic E-state index is 0.0345. The molecule has 4 rings (SSSR count). The summed E-state index contributed by atoms with van der Waals surface area (Å²) in [6.07, 6.45) is 42.5. The molecule has 4 aliphatic rings. The molecule has 4 saturated carbocycles. The number of rotatable bonds is 51. The van der Waals surface area contributed by atoms with E-state index in [1.807, 2.05) is 63.3 Å². The lowest BCUT2D eigenvalue weighted by atomic mass is 9.88. The molecule has 0 aromatic rings. The average molecular weight is 1540 g/mol. The zero-order chi connectivity index (χ0) is 81.5. The molecule has 0 heterocycles. The van der Waals surface area contributed by atoms with Crippen LogP contribution in [0, 0.1) is 47.3 Å². The highest BCUT2D eigenvalue weighted by molar-refractivity contribution is 5.86.